The molecule has 1 aromatic rings. The summed E-state index contributed by atoms with van der Waals surface area (Å²) in [5.41, 5.74) is -0.840. The third-order valence-corrected chi connectivity index (χ3v) is 4.60. The van der Waals surface area contributed by atoms with Gasteiger partial charge in [0, 0.05) is 25.5 Å². The molecule has 10 heteroatoms. The van der Waals surface area contributed by atoms with E-state index < -0.39 is 11.9 Å². The zero-order valence-electron chi connectivity index (χ0n) is 13.7. The summed E-state index contributed by atoms with van der Waals surface area (Å²) in [6, 6.07) is 0. The molecule has 0 amide bonds. The average Bonchev–Trinajstić information content (AvgIpc) is 2.96. The predicted octanol–water partition coefficient (Wildman–Crippen LogP) is 2.79. The third-order valence-electron chi connectivity index (χ3n) is 3.75. The zero-order valence-corrected chi connectivity index (χ0v) is 16.8. The highest BCUT2D eigenvalue weighted by molar-refractivity contribution is 14.0. The van der Waals surface area contributed by atoms with Crippen LogP contribution in [0.5, 0.6) is 0 Å². The molecule has 5 nitrogen and oxygen atoms in total. The Morgan fingerprint density at radius 2 is 2.21 bits per heavy atom. The standard InChI is InChI=1S/C14H22F3N5S.HI/c1-18-13(19-6-10-4-3-5-22(2)8-10)20-7-12-21-11(9-23-12)14(15,16)17;/h9-10H,3-8H2,1-2H3,(H2,18,19,20);1H. The Morgan fingerprint density at radius 3 is 2.79 bits per heavy atom. The van der Waals surface area contributed by atoms with Crippen molar-refractivity contribution in [2.45, 2.75) is 25.6 Å². The minimum Gasteiger partial charge on any atom is -0.356 e. The molecule has 1 aromatic heterocycles. The maximum Gasteiger partial charge on any atom is 0.434 e. The van der Waals surface area contributed by atoms with Crippen LogP contribution in [0.15, 0.2) is 10.4 Å². The van der Waals surface area contributed by atoms with Crippen molar-refractivity contribution in [1.82, 2.24) is 20.5 Å². The van der Waals surface area contributed by atoms with Gasteiger partial charge in [0.15, 0.2) is 11.7 Å². The number of rotatable bonds is 4. The molecule has 138 valence electrons. The minimum atomic E-state index is -4.39. The molecule has 1 unspecified atom stereocenters. The second-order valence-electron chi connectivity index (χ2n) is 5.70. The normalized spacial score (nSPS) is 19.7. The maximum atomic E-state index is 12.5. The van der Waals surface area contributed by atoms with E-state index in [0.29, 0.717) is 16.9 Å². The van der Waals surface area contributed by atoms with Crippen LogP contribution in [0.25, 0.3) is 0 Å². The highest BCUT2D eigenvalue weighted by atomic mass is 127. The van der Waals surface area contributed by atoms with Crippen LogP contribution in [0.4, 0.5) is 13.2 Å². The van der Waals surface area contributed by atoms with Crippen LogP contribution < -0.4 is 10.6 Å². The molecular formula is C14H23F3IN5S. The fourth-order valence-electron chi connectivity index (χ4n) is 2.58. The van der Waals surface area contributed by atoms with Crippen molar-refractivity contribution in [3.8, 4) is 0 Å². The Morgan fingerprint density at radius 1 is 1.46 bits per heavy atom. The summed E-state index contributed by atoms with van der Waals surface area (Å²) in [7, 11) is 3.76. The van der Waals surface area contributed by atoms with Gasteiger partial charge in [-0.25, -0.2) is 4.98 Å². The van der Waals surface area contributed by atoms with Crippen molar-refractivity contribution in [3.63, 3.8) is 0 Å². The second kappa shape index (κ2) is 9.76. The molecule has 1 aliphatic rings. The van der Waals surface area contributed by atoms with E-state index in [1.807, 2.05) is 0 Å². The lowest BCUT2D eigenvalue weighted by Crippen LogP contribution is -2.43. The van der Waals surface area contributed by atoms with Gasteiger partial charge in [0.2, 0.25) is 0 Å². The molecule has 0 saturated carbocycles. The first-order chi connectivity index (χ1) is 10.9. The van der Waals surface area contributed by atoms with Gasteiger partial charge in [0.25, 0.3) is 0 Å². The van der Waals surface area contributed by atoms with Crippen LogP contribution >= 0.6 is 35.3 Å². The lowest BCUT2D eigenvalue weighted by atomic mass is 9.99. The van der Waals surface area contributed by atoms with Gasteiger partial charge < -0.3 is 15.5 Å². The van der Waals surface area contributed by atoms with Gasteiger partial charge in [-0.1, -0.05) is 0 Å². The summed E-state index contributed by atoms with van der Waals surface area (Å²) < 4.78 is 37.5. The summed E-state index contributed by atoms with van der Waals surface area (Å²) in [5.74, 6) is 1.14. The van der Waals surface area contributed by atoms with Crippen LogP contribution in [0, 0.1) is 5.92 Å². The molecule has 1 fully saturated rings. The molecule has 2 rings (SSSR count). The van der Waals surface area contributed by atoms with E-state index in [4.69, 9.17) is 0 Å². The molecule has 2 N–H and O–H groups in total. The number of halogens is 4. The van der Waals surface area contributed by atoms with Gasteiger partial charge in [-0.2, -0.15) is 13.2 Å². The van der Waals surface area contributed by atoms with Gasteiger partial charge in [-0.05, 0) is 32.4 Å². The van der Waals surface area contributed by atoms with E-state index >= 15 is 0 Å². The quantitative estimate of drug-likeness (QED) is 0.398. The molecule has 1 saturated heterocycles. The number of piperidine rings is 1. The topological polar surface area (TPSA) is 52.6 Å². The highest BCUT2D eigenvalue weighted by Crippen LogP contribution is 2.29. The van der Waals surface area contributed by atoms with Crippen molar-refractivity contribution in [1.29, 1.82) is 0 Å². The number of nitrogens with zero attached hydrogens (tertiary/aromatic N) is 3. The van der Waals surface area contributed by atoms with Gasteiger partial charge in [-0.3, -0.25) is 4.99 Å². The largest absolute Gasteiger partial charge is 0.434 e. The first-order valence-electron chi connectivity index (χ1n) is 7.53. The number of alkyl halides is 3. The van der Waals surface area contributed by atoms with Crippen molar-refractivity contribution in [3.05, 3.63) is 16.1 Å². The van der Waals surface area contributed by atoms with Crippen LogP contribution in [-0.2, 0) is 12.7 Å². The molecule has 1 aliphatic heterocycles. The Labute approximate surface area is 161 Å². The fourth-order valence-corrected chi connectivity index (χ4v) is 3.32. The van der Waals surface area contributed by atoms with E-state index in [2.05, 4.69) is 32.6 Å². The smallest absolute Gasteiger partial charge is 0.356 e. The summed E-state index contributed by atoms with van der Waals surface area (Å²) in [6.07, 6.45) is -2.02. The average molecular weight is 477 g/mol. The van der Waals surface area contributed by atoms with E-state index in [1.165, 1.54) is 12.8 Å². The number of aliphatic imine (C=N–C) groups is 1. The number of likely N-dealkylation sites (tertiary alicyclic amines) is 1. The van der Waals surface area contributed by atoms with Crippen molar-refractivity contribution in [2.75, 3.05) is 33.7 Å². The highest BCUT2D eigenvalue weighted by Gasteiger charge is 2.33. The molecule has 0 bridgehead atoms. The van der Waals surface area contributed by atoms with E-state index in [1.54, 1.807) is 7.05 Å². The summed E-state index contributed by atoms with van der Waals surface area (Å²) >= 11 is 0.992. The number of nitrogens with one attached hydrogen (secondary N) is 2. The molecule has 0 aliphatic carbocycles. The first-order valence-corrected chi connectivity index (χ1v) is 8.41. The third kappa shape index (κ3) is 6.71. The van der Waals surface area contributed by atoms with Gasteiger partial charge >= 0.3 is 6.18 Å². The number of aromatic nitrogens is 1. The number of thiazole rings is 1. The molecule has 2 heterocycles. The van der Waals surface area contributed by atoms with Gasteiger partial charge in [0.05, 0.1) is 6.54 Å². The molecular weight excluding hydrogens is 454 g/mol. The Kier molecular flexibility index (Phi) is 8.71. The summed E-state index contributed by atoms with van der Waals surface area (Å²) in [6.45, 7) is 3.21. The second-order valence-corrected chi connectivity index (χ2v) is 6.64. The Balaban J connectivity index is 0.00000288. The van der Waals surface area contributed by atoms with Crippen LogP contribution in [0.3, 0.4) is 0 Å². The summed E-state index contributed by atoms with van der Waals surface area (Å²) in [5, 5.41) is 7.66. The number of guanidine groups is 1. The number of hydrogen-bond acceptors (Lipinski definition) is 4. The lowest BCUT2D eigenvalue weighted by Gasteiger charge is -2.30. The summed E-state index contributed by atoms with van der Waals surface area (Å²) in [4.78, 5) is 9.99. The predicted molar refractivity (Wildman–Crippen MR) is 101 cm³/mol. The number of hydrogen-bond donors (Lipinski definition) is 2. The fraction of sp³-hybridized carbons (Fsp3) is 0.714. The SMILES string of the molecule is CN=C(NCc1nc(C(F)(F)F)cs1)NCC1CCCN(C)C1.I. The van der Waals surface area contributed by atoms with Crippen molar-refractivity contribution < 1.29 is 13.2 Å². The monoisotopic (exact) mass is 477 g/mol. The Hall–Kier alpha value is -0.620. The lowest BCUT2D eigenvalue weighted by molar-refractivity contribution is -0.140. The minimum absolute atomic E-state index is 0. The molecule has 24 heavy (non-hydrogen) atoms. The van der Waals surface area contributed by atoms with Crippen LogP contribution in [0.2, 0.25) is 0 Å². The van der Waals surface area contributed by atoms with Crippen LogP contribution in [-0.4, -0.2) is 49.6 Å². The van der Waals surface area contributed by atoms with Crippen LogP contribution in [0.1, 0.15) is 23.5 Å². The van der Waals surface area contributed by atoms with Gasteiger partial charge in [0.1, 0.15) is 5.01 Å². The van der Waals surface area contributed by atoms with Gasteiger partial charge in [-0.15, -0.1) is 35.3 Å². The van der Waals surface area contributed by atoms with E-state index in [9.17, 15) is 13.2 Å². The molecule has 1 atom stereocenters. The first kappa shape index (κ1) is 21.4. The zero-order chi connectivity index (χ0) is 16.9. The van der Waals surface area contributed by atoms with E-state index in [-0.39, 0.29) is 30.5 Å². The van der Waals surface area contributed by atoms with Crippen molar-refractivity contribution >= 4 is 41.3 Å². The maximum absolute atomic E-state index is 12.5. The molecule has 0 aromatic carbocycles. The van der Waals surface area contributed by atoms with Crippen molar-refractivity contribution in [2.24, 2.45) is 10.9 Å². The Bertz CT molecular complexity index is 535. The van der Waals surface area contributed by atoms with E-state index in [0.717, 1.165) is 36.4 Å². The molecule has 0 spiro atoms. The molecule has 0 radical (unpaired) electrons.